The molecular weight excluding hydrogens is 388 g/mol. The molecule has 0 saturated heterocycles. The molecule has 1 aromatic heterocycles. The van der Waals surface area contributed by atoms with E-state index in [0.29, 0.717) is 5.56 Å². The predicted octanol–water partition coefficient (Wildman–Crippen LogP) is 3.22. The van der Waals surface area contributed by atoms with E-state index in [4.69, 9.17) is 10.1 Å². The number of hydrogen-bond donors (Lipinski definition) is 3. The maximum absolute atomic E-state index is 13.0. The standard InChI is InChI=1S/C21H26N4O3S/c1-21(2,27)13-6-3-7-14(12-13)29(22,28)25-20(26)24-19-15-8-4-10-17(15)23-18-11-5-9-16(18)19/h3,6-7,12,27H,4-5,8-11H2,1-2H3,(H3,22,23,24,25,26,28)/t29-/m1/s1. The molecule has 4 N–H and O–H groups in total. The second-order valence-electron chi connectivity index (χ2n) is 8.22. The monoisotopic (exact) mass is 414 g/mol. The van der Waals surface area contributed by atoms with Gasteiger partial charge in [0, 0.05) is 11.4 Å². The molecule has 0 unspecified atom stereocenters. The summed E-state index contributed by atoms with van der Waals surface area (Å²) in [5.41, 5.74) is 4.46. The molecule has 0 spiro atoms. The number of anilines is 1. The van der Waals surface area contributed by atoms with E-state index in [1.54, 1.807) is 32.0 Å². The highest BCUT2D eigenvalue weighted by atomic mass is 32.2. The highest BCUT2D eigenvalue weighted by Crippen LogP contribution is 2.36. The van der Waals surface area contributed by atoms with Gasteiger partial charge in [-0.25, -0.2) is 14.1 Å². The minimum Gasteiger partial charge on any atom is -0.386 e. The zero-order chi connectivity index (χ0) is 20.8. The number of nitrogens with zero attached hydrogens (tertiary/aromatic N) is 2. The van der Waals surface area contributed by atoms with Crippen LogP contribution in [0.4, 0.5) is 10.5 Å². The largest absolute Gasteiger partial charge is 0.386 e. The average molecular weight is 415 g/mol. The van der Waals surface area contributed by atoms with Crippen molar-refractivity contribution in [2.45, 2.75) is 62.9 Å². The number of carbonyl (C=O) groups excluding carboxylic acids is 1. The van der Waals surface area contributed by atoms with E-state index in [2.05, 4.69) is 9.68 Å². The molecule has 0 fully saturated rings. The number of amides is 2. The maximum atomic E-state index is 13.0. The van der Waals surface area contributed by atoms with Gasteiger partial charge in [0.1, 0.15) is 9.92 Å². The molecule has 0 bridgehead atoms. The number of carbonyl (C=O) groups is 1. The van der Waals surface area contributed by atoms with Crippen LogP contribution >= 0.6 is 0 Å². The van der Waals surface area contributed by atoms with Crippen molar-refractivity contribution in [1.29, 1.82) is 0 Å². The lowest BCUT2D eigenvalue weighted by Gasteiger charge is -2.18. The Morgan fingerprint density at radius 2 is 1.79 bits per heavy atom. The Hall–Kier alpha value is -2.29. The van der Waals surface area contributed by atoms with Gasteiger partial charge in [-0.2, -0.15) is 0 Å². The zero-order valence-electron chi connectivity index (χ0n) is 16.7. The summed E-state index contributed by atoms with van der Waals surface area (Å²) in [6, 6.07) is 5.71. The average Bonchev–Trinajstić information content (AvgIpc) is 3.29. The van der Waals surface area contributed by atoms with E-state index < -0.39 is 21.5 Å². The first-order chi connectivity index (χ1) is 13.6. The van der Waals surface area contributed by atoms with Gasteiger partial charge in [-0.1, -0.05) is 12.1 Å². The van der Waals surface area contributed by atoms with Crippen molar-refractivity contribution in [3.05, 3.63) is 52.3 Å². The molecule has 2 aliphatic carbocycles. The number of aryl methyl sites for hydroxylation is 2. The highest BCUT2D eigenvalue weighted by molar-refractivity contribution is 7.91. The topological polar surface area (TPSA) is 118 Å². The van der Waals surface area contributed by atoms with Crippen LogP contribution in [0.25, 0.3) is 0 Å². The highest BCUT2D eigenvalue weighted by Gasteiger charge is 2.27. The van der Waals surface area contributed by atoms with Crippen LogP contribution in [0.2, 0.25) is 0 Å². The van der Waals surface area contributed by atoms with Crippen molar-refractivity contribution < 1.29 is 14.1 Å². The van der Waals surface area contributed by atoms with Crippen molar-refractivity contribution in [3.63, 3.8) is 0 Å². The minimum atomic E-state index is -3.45. The third-order valence-electron chi connectivity index (χ3n) is 5.58. The fourth-order valence-corrected chi connectivity index (χ4v) is 5.07. The number of aliphatic hydroxyl groups is 1. The Morgan fingerprint density at radius 3 is 2.38 bits per heavy atom. The number of nitrogens with two attached hydrogens (primary N) is 1. The van der Waals surface area contributed by atoms with E-state index in [9.17, 15) is 14.1 Å². The van der Waals surface area contributed by atoms with Gasteiger partial charge in [-0.05, 0) is 81.2 Å². The first-order valence-corrected chi connectivity index (χ1v) is 11.5. The lowest BCUT2D eigenvalue weighted by molar-refractivity contribution is 0.0784. The van der Waals surface area contributed by atoms with E-state index in [1.165, 1.54) is 6.07 Å². The fraction of sp³-hybridized carbons (Fsp3) is 0.429. The normalized spacial score (nSPS) is 17.4. The zero-order valence-corrected chi connectivity index (χ0v) is 17.5. The number of nitrogens with one attached hydrogen (secondary N) is 1. The van der Waals surface area contributed by atoms with Gasteiger partial charge in [-0.3, -0.25) is 4.98 Å². The summed E-state index contributed by atoms with van der Waals surface area (Å²) in [5.74, 6) is 0. The van der Waals surface area contributed by atoms with Gasteiger partial charge in [0.25, 0.3) is 0 Å². The molecule has 4 rings (SSSR count). The quantitative estimate of drug-likeness (QED) is 0.714. The summed E-state index contributed by atoms with van der Waals surface area (Å²) in [6.07, 6.45) is 5.61. The maximum Gasteiger partial charge on any atom is 0.354 e. The van der Waals surface area contributed by atoms with Crippen LogP contribution in [0.3, 0.4) is 0 Å². The Bertz CT molecular complexity index is 1080. The van der Waals surface area contributed by atoms with Crippen LogP contribution < -0.4 is 10.5 Å². The molecule has 7 nitrogen and oxygen atoms in total. The van der Waals surface area contributed by atoms with Crippen molar-refractivity contribution in [2.75, 3.05) is 5.32 Å². The number of benzene rings is 1. The van der Waals surface area contributed by atoms with Gasteiger partial charge < -0.3 is 10.4 Å². The molecule has 1 atom stereocenters. The van der Waals surface area contributed by atoms with E-state index in [-0.39, 0.29) is 4.90 Å². The van der Waals surface area contributed by atoms with Gasteiger partial charge in [0.15, 0.2) is 0 Å². The molecule has 0 aliphatic heterocycles. The number of urea groups is 1. The number of fused-ring (bicyclic) bond motifs is 2. The Labute approximate surface area is 171 Å². The summed E-state index contributed by atoms with van der Waals surface area (Å²) in [5, 5.41) is 19.0. The summed E-state index contributed by atoms with van der Waals surface area (Å²) in [7, 11) is -3.45. The van der Waals surface area contributed by atoms with Crippen LogP contribution in [0.15, 0.2) is 33.5 Å². The Kier molecular flexibility index (Phi) is 4.96. The minimum absolute atomic E-state index is 0.206. The first-order valence-electron chi connectivity index (χ1n) is 9.87. The second kappa shape index (κ2) is 7.19. The lowest BCUT2D eigenvalue weighted by atomic mass is 9.99. The number of aromatic nitrogens is 1. The SMILES string of the molecule is CC(C)(O)c1cccc([S@](N)(=O)=NC(=O)Nc2c3c(nc4c2CCC4)CCC3)c1. The van der Waals surface area contributed by atoms with Crippen LogP contribution in [0.1, 0.15) is 54.8 Å². The van der Waals surface area contributed by atoms with Gasteiger partial charge >= 0.3 is 6.03 Å². The third kappa shape index (κ3) is 3.92. The molecule has 0 saturated carbocycles. The van der Waals surface area contributed by atoms with Crippen molar-refractivity contribution in [1.82, 2.24) is 4.98 Å². The molecule has 0 radical (unpaired) electrons. The Morgan fingerprint density at radius 1 is 1.17 bits per heavy atom. The van der Waals surface area contributed by atoms with Crippen molar-refractivity contribution >= 4 is 21.6 Å². The number of hydrogen-bond acceptors (Lipinski definition) is 4. The summed E-state index contributed by atoms with van der Waals surface area (Å²) < 4.78 is 16.8. The van der Waals surface area contributed by atoms with Crippen LogP contribution in [0.5, 0.6) is 0 Å². The lowest BCUT2D eigenvalue weighted by Crippen LogP contribution is -2.20. The molecule has 29 heavy (non-hydrogen) atoms. The summed E-state index contributed by atoms with van der Waals surface area (Å²) in [4.78, 5) is 17.7. The fourth-order valence-electron chi connectivity index (χ4n) is 4.10. The second-order valence-corrected chi connectivity index (χ2v) is 10.0. The Balaban J connectivity index is 1.67. The molecule has 2 amide bonds. The first kappa shape index (κ1) is 20.0. The third-order valence-corrected chi connectivity index (χ3v) is 6.95. The smallest absolute Gasteiger partial charge is 0.354 e. The van der Waals surface area contributed by atoms with Crippen molar-refractivity contribution in [3.8, 4) is 0 Å². The molecule has 1 heterocycles. The predicted molar refractivity (Wildman–Crippen MR) is 112 cm³/mol. The molecular formula is C21H26N4O3S. The van der Waals surface area contributed by atoms with Crippen LogP contribution in [-0.2, 0) is 41.2 Å². The molecule has 1 aromatic carbocycles. The number of rotatable bonds is 3. The number of pyridine rings is 1. The van der Waals surface area contributed by atoms with Gasteiger partial charge in [0.2, 0.25) is 0 Å². The van der Waals surface area contributed by atoms with E-state index in [0.717, 1.165) is 66.7 Å². The van der Waals surface area contributed by atoms with Gasteiger partial charge in [0.05, 0.1) is 16.2 Å². The summed E-state index contributed by atoms with van der Waals surface area (Å²) >= 11 is 0. The van der Waals surface area contributed by atoms with Crippen LogP contribution in [0, 0.1) is 0 Å². The molecule has 8 heteroatoms. The van der Waals surface area contributed by atoms with Crippen LogP contribution in [-0.4, -0.2) is 20.3 Å². The molecule has 2 aliphatic rings. The molecule has 154 valence electrons. The van der Waals surface area contributed by atoms with E-state index >= 15 is 0 Å². The van der Waals surface area contributed by atoms with E-state index in [1.807, 2.05) is 0 Å². The van der Waals surface area contributed by atoms with Gasteiger partial charge in [-0.15, -0.1) is 4.36 Å². The molecule has 2 aromatic rings. The van der Waals surface area contributed by atoms with Crippen molar-refractivity contribution in [2.24, 2.45) is 9.50 Å². The summed E-state index contributed by atoms with van der Waals surface area (Å²) in [6.45, 7) is 3.25.